The lowest BCUT2D eigenvalue weighted by atomic mass is 10.1. The Kier molecular flexibility index (Phi) is 2.96. The number of hydrogen-bond acceptors (Lipinski definition) is 2. The number of carbonyl (C=O) groups is 1. The molecule has 0 aliphatic heterocycles. The lowest BCUT2D eigenvalue weighted by Crippen LogP contribution is -2.07. The van der Waals surface area contributed by atoms with Crippen LogP contribution in [0, 0.1) is 0 Å². The van der Waals surface area contributed by atoms with Crippen LogP contribution in [0.1, 0.15) is 17.3 Å². The van der Waals surface area contributed by atoms with E-state index in [4.69, 9.17) is 0 Å². The third-order valence-electron chi connectivity index (χ3n) is 2.30. The van der Waals surface area contributed by atoms with E-state index < -0.39 is 0 Å². The Bertz CT molecular complexity index is 498. The number of benzene rings is 1. The van der Waals surface area contributed by atoms with Crippen molar-refractivity contribution in [3.63, 3.8) is 0 Å². The van der Waals surface area contributed by atoms with E-state index in [-0.39, 0.29) is 5.91 Å². The molecule has 1 aromatic heterocycles. The van der Waals surface area contributed by atoms with Crippen molar-refractivity contribution in [2.24, 2.45) is 0 Å². The molecule has 1 heterocycles. The summed E-state index contributed by atoms with van der Waals surface area (Å²) in [5, 5.41) is 3.89. The molecule has 80 valence electrons. The predicted octanol–water partition coefficient (Wildman–Crippen LogP) is 2.63. The Labute approximate surface area is 94.0 Å². The minimum atomic E-state index is -0.133. The average molecular weight is 212 g/mol. The fourth-order valence-corrected chi connectivity index (χ4v) is 1.43. The summed E-state index contributed by atoms with van der Waals surface area (Å²) in [4.78, 5) is 11.7. The van der Waals surface area contributed by atoms with Crippen molar-refractivity contribution in [2.75, 3.05) is 0 Å². The topological polar surface area (TPSA) is 34.9 Å². The minimum Gasteiger partial charge on any atom is -0.267 e. The summed E-state index contributed by atoms with van der Waals surface area (Å²) in [7, 11) is 0. The van der Waals surface area contributed by atoms with Gasteiger partial charge in [0.05, 0.1) is 0 Å². The van der Waals surface area contributed by atoms with Crippen LogP contribution in [0.3, 0.4) is 0 Å². The van der Waals surface area contributed by atoms with E-state index in [0.29, 0.717) is 0 Å². The number of allylic oxidation sites excluding steroid dienone is 2. The molecule has 2 rings (SSSR count). The first kappa shape index (κ1) is 10.4. The van der Waals surface area contributed by atoms with Gasteiger partial charge in [-0.05, 0) is 24.1 Å². The standard InChI is InChI=1S/C13H12N2O/c1-11(12-6-3-2-4-7-12)10-13(16)15-9-5-8-14-15/h2-10H,1H3/b11-10+. The minimum absolute atomic E-state index is 0.133. The van der Waals surface area contributed by atoms with Gasteiger partial charge in [0.1, 0.15) is 0 Å². The molecule has 0 fully saturated rings. The van der Waals surface area contributed by atoms with E-state index in [1.807, 2.05) is 37.3 Å². The molecule has 3 heteroatoms. The highest BCUT2D eigenvalue weighted by Gasteiger charge is 2.02. The first-order chi connectivity index (χ1) is 7.77. The molecular weight excluding hydrogens is 200 g/mol. The van der Waals surface area contributed by atoms with Crippen molar-refractivity contribution < 1.29 is 4.79 Å². The van der Waals surface area contributed by atoms with Crippen LogP contribution in [0.4, 0.5) is 0 Å². The normalized spacial score (nSPS) is 11.4. The molecule has 2 aromatic rings. The number of rotatable bonds is 2. The molecule has 0 spiro atoms. The van der Waals surface area contributed by atoms with E-state index in [9.17, 15) is 4.79 Å². The van der Waals surface area contributed by atoms with Crippen molar-refractivity contribution in [2.45, 2.75) is 6.92 Å². The van der Waals surface area contributed by atoms with Crippen LogP contribution in [0.25, 0.3) is 5.57 Å². The zero-order chi connectivity index (χ0) is 11.4. The van der Waals surface area contributed by atoms with Gasteiger partial charge in [0.15, 0.2) is 0 Å². The molecule has 0 saturated carbocycles. The maximum Gasteiger partial charge on any atom is 0.271 e. The Hall–Kier alpha value is -2.16. The van der Waals surface area contributed by atoms with Gasteiger partial charge in [0.2, 0.25) is 0 Å². The van der Waals surface area contributed by atoms with Gasteiger partial charge in [-0.15, -0.1) is 0 Å². The van der Waals surface area contributed by atoms with E-state index >= 15 is 0 Å². The fraction of sp³-hybridized carbons (Fsp3) is 0.0769. The molecule has 0 aliphatic rings. The Morgan fingerprint density at radius 3 is 2.62 bits per heavy atom. The monoisotopic (exact) mass is 212 g/mol. The molecular formula is C13H12N2O. The number of carbonyl (C=O) groups excluding carboxylic acids is 1. The third-order valence-corrected chi connectivity index (χ3v) is 2.30. The zero-order valence-corrected chi connectivity index (χ0v) is 9.00. The number of aromatic nitrogens is 2. The van der Waals surface area contributed by atoms with Crippen LogP contribution in [0.15, 0.2) is 54.9 Å². The van der Waals surface area contributed by atoms with Crippen LogP contribution in [-0.2, 0) is 0 Å². The second-order valence-corrected chi connectivity index (χ2v) is 3.48. The van der Waals surface area contributed by atoms with E-state index in [1.54, 1.807) is 24.5 Å². The fourth-order valence-electron chi connectivity index (χ4n) is 1.43. The Morgan fingerprint density at radius 1 is 1.25 bits per heavy atom. The van der Waals surface area contributed by atoms with E-state index in [1.165, 1.54) is 4.68 Å². The maximum atomic E-state index is 11.7. The average Bonchev–Trinajstić information content (AvgIpc) is 2.83. The van der Waals surface area contributed by atoms with Gasteiger partial charge < -0.3 is 0 Å². The molecule has 16 heavy (non-hydrogen) atoms. The van der Waals surface area contributed by atoms with Crippen LogP contribution >= 0.6 is 0 Å². The number of hydrogen-bond donors (Lipinski definition) is 0. The van der Waals surface area contributed by atoms with Crippen molar-refractivity contribution in [1.82, 2.24) is 9.78 Å². The van der Waals surface area contributed by atoms with E-state index in [0.717, 1.165) is 11.1 Å². The first-order valence-corrected chi connectivity index (χ1v) is 5.05. The number of nitrogens with zero attached hydrogens (tertiary/aromatic N) is 2. The highest BCUT2D eigenvalue weighted by molar-refractivity contribution is 5.95. The largest absolute Gasteiger partial charge is 0.271 e. The van der Waals surface area contributed by atoms with Gasteiger partial charge in [0.25, 0.3) is 5.91 Å². The van der Waals surface area contributed by atoms with Gasteiger partial charge in [-0.2, -0.15) is 5.10 Å². The third kappa shape index (κ3) is 2.25. The summed E-state index contributed by atoms with van der Waals surface area (Å²) >= 11 is 0. The molecule has 0 bridgehead atoms. The van der Waals surface area contributed by atoms with E-state index in [2.05, 4.69) is 5.10 Å². The lowest BCUT2D eigenvalue weighted by Gasteiger charge is -2.00. The summed E-state index contributed by atoms with van der Waals surface area (Å²) in [6.45, 7) is 1.91. The van der Waals surface area contributed by atoms with Crippen molar-refractivity contribution in [3.05, 3.63) is 60.4 Å². The first-order valence-electron chi connectivity index (χ1n) is 5.05. The Balaban J connectivity index is 2.23. The summed E-state index contributed by atoms with van der Waals surface area (Å²) in [6.07, 6.45) is 4.81. The molecule has 0 N–H and O–H groups in total. The van der Waals surface area contributed by atoms with Crippen molar-refractivity contribution in [3.8, 4) is 0 Å². The zero-order valence-electron chi connectivity index (χ0n) is 9.00. The molecule has 0 unspecified atom stereocenters. The summed E-state index contributed by atoms with van der Waals surface area (Å²) < 4.78 is 1.31. The molecule has 0 amide bonds. The lowest BCUT2D eigenvalue weighted by molar-refractivity contribution is 0.0955. The molecule has 0 atom stereocenters. The SMILES string of the molecule is C/C(=C\C(=O)n1cccn1)c1ccccc1. The van der Waals surface area contributed by atoms with Crippen LogP contribution in [0.5, 0.6) is 0 Å². The molecule has 0 aliphatic carbocycles. The predicted molar refractivity (Wildman–Crippen MR) is 62.9 cm³/mol. The van der Waals surface area contributed by atoms with Crippen LogP contribution in [0.2, 0.25) is 0 Å². The highest BCUT2D eigenvalue weighted by atomic mass is 16.2. The smallest absolute Gasteiger partial charge is 0.267 e. The highest BCUT2D eigenvalue weighted by Crippen LogP contribution is 2.12. The molecule has 0 radical (unpaired) electrons. The van der Waals surface area contributed by atoms with Crippen LogP contribution < -0.4 is 0 Å². The van der Waals surface area contributed by atoms with Gasteiger partial charge in [-0.25, -0.2) is 4.68 Å². The quantitative estimate of drug-likeness (QED) is 0.717. The molecule has 0 saturated heterocycles. The van der Waals surface area contributed by atoms with Gasteiger partial charge in [-0.3, -0.25) is 4.79 Å². The molecule has 1 aromatic carbocycles. The Morgan fingerprint density at radius 2 is 2.00 bits per heavy atom. The van der Waals surface area contributed by atoms with Crippen molar-refractivity contribution >= 4 is 11.5 Å². The second kappa shape index (κ2) is 4.57. The van der Waals surface area contributed by atoms with Crippen LogP contribution in [-0.4, -0.2) is 15.7 Å². The summed E-state index contributed by atoms with van der Waals surface area (Å²) in [6, 6.07) is 11.5. The van der Waals surface area contributed by atoms with Gasteiger partial charge >= 0.3 is 0 Å². The van der Waals surface area contributed by atoms with Gasteiger partial charge in [-0.1, -0.05) is 30.3 Å². The second-order valence-electron chi connectivity index (χ2n) is 3.48. The van der Waals surface area contributed by atoms with Crippen molar-refractivity contribution in [1.29, 1.82) is 0 Å². The summed E-state index contributed by atoms with van der Waals surface area (Å²) in [5.41, 5.74) is 1.98. The maximum absolute atomic E-state index is 11.7. The summed E-state index contributed by atoms with van der Waals surface area (Å²) in [5.74, 6) is -0.133. The van der Waals surface area contributed by atoms with Gasteiger partial charge in [0, 0.05) is 18.5 Å². The molecule has 3 nitrogen and oxygen atoms in total.